The van der Waals surface area contributed by atoms with Gasteiger partial charge >= 0.3 is 0 Å². The van der Waals surface area contributed by atoms with Gasteiger partial charge in [0.2, 0.25) is 0 Å². The third-order valence-electron chi connectivity index (χ3n) is 2.83. The maximum Gasteiger partial charge on any atom is 0.257 e. The van der Waals surface area contributed by atoms with Crippen LogP contribution in [0.2, 0.25) is 0 Å². The maximum atomic E-state index is 13.7. The third-order valence-corrected chi connectivity index (χ3v) is 3.68. The summed E-state index contributed by atoms with van der Waals surface area (Å²) in [6.07, 6.45) is 0. The molecule has 1 fully saturated rings. The highest BCUT2D eigenvalue weighted by Crippen LogP contribution is 2.19. The van der Waals surface area contributed by atoms with Gasteiger partial charge in [-0.1, -0.05) is 15.9 Å². The second-order valence-corrected chi connectivity index (χ2v) is 5.23. The molecule has 0 aliphatic carbocycles. The summed E-state index contributed by atoms with van der Waals surface area (Å²) in [6, 6.07) is 4.20. The van der Waals surface area contributed by atoms with Crippen molar-refractivity contribution >= 4 is 33.4 Å². The van der Waals surface area contributed by atoms with Crippen LogP contribution in [0.5, 0.6) is 0 Å². The average molecular weight is 337 g/mol. The van der Waals surface area contributed by atoms with Gasteiger partial charge in [-0.15, -0.1) is 11.6 Å². The van der Waals surface area contributed by atoms with Crippen LogP contribution < -0.4 is 0 Å². The van der Waals surface area contributed by atoms with E-state index in [1.165, 1.54) is 12.1 Å². The second-order valence-electron chi connectivity index (χ2n) is 4.01. The van der Waals surface area contributed by atoms with Gasteiger partial charge in [-0.25, -0.2) is 4.39 Å². The fourth-order valence-corrected chi connectivity index (χ4v) is 2.46. The van der Waals surface area contributed by atoms with E-state index in [-0.39, 0.29) is 23.4 Å². The molecule has 98 valence electrons. The molecule has 3 nitrogen and oxygen atoms in total. The summed E-state index contributed by atoms with van der Waals surface area (Å²) >= 11 is 8.96. The lowest BCUT2D eigenvalue weighted by Crippen LogP contribution is -2.49. The molecule has 0 saturated carbocycles. The van der Waals surface area contributed by atoms with Gasteiger partial charge in [0.25, 0.3) is 5.91 Å². The first-order valence-electron chi connectivity index (χ1n) is 5.53. The molecule has 1 aromatic carbocycles. The molecule has 1 aliphatic heterocycles. The first-order chi connectivity index (χ1) is 8.63. The quantitative estimate of drug-likeness (QED) is 0.777. The summed E-state index contributed by atoms with van der Waals surface area (Å²) in [7, 11) is 0. The Morgan fingerprint density at radius 3 is 3.06 bits per heavy atom. The lowest BCUT2D eigenvalue weighted by atomic mass is 10.1. The Morgan fingerprint density at radius 1 is 1.61 bits per heavy atom. The number of morpholine rings is 1. The number of rotatable bonds is 2. The highest BCUT2D eigenvalue weighted by Gasteiger charge is 2.28. The number of amides is 1. The van der Waals surface area contributed by atoms with Crippen LogP contribution in [0.1, 0.15) is 10.4 Å². The van der Waals surface area contributed by atoms with Crippen molar-refractivity contribution in [3.63, 3.8) is 0 Å². The minimum Gasteiger partial charge on any atom is -0.377 e. The molecule has 6 heteroatoms. The second kappa shape index (κ2) is 5.99. The average Bonchev–Trinajstić information content (AvgIpc) is 2.38. The molecule has 0 bridgehead atoms. The molecule has 1 aliphatic rings. The van der Waals surface area contributed by atoms with Gasteiger partial charge in [-0.05, 0) is 18.2 Å². The van der Waals surface area contributed by atoms with E-state index in [9.17, 15) is 9.18 Å². The lowest BCUT2D eigenvalue weighted by Gasteiger charge is -2.34. The number of hydrogen-bond acceptors (Lipinski definition) is 2. The Bertz CT molecular complexity index is 458. The van der Waals surface area contributed by atoms with Crippen LogP contribution in [0.15, 0.2) is 22.7 Å². The van der Waals surface area contributed by atoms with Crippen molar-refractivity contribution in [3.05, 3.63) is 34.1 Å². The van der Waals surface area contributed by atoms with Gasteiger partial charge in [0, 0.05) is 16.9 Å². The third kappa shape index (κ3) is 2.84. The van der Waals surface area contributed by atoms with E-state index in [0.717, 1.165) is 0 Å². The van der Waals surface area contributed by atoms with Crippen molar-refractivity contribution in [2.45, 2.75) is 6.04 Å². The Labute approximate surface area is 118 Å². The summed E-state index contributed by atoms with van der Waals surface area (Å²) in [5, 5.41) is 0. The van der Waals surface area contributed by atoms with Crippen molar-refractivity contribution < 1.29 is 13.9 Å². The van der Waals surface area contributed by atoms with Crippen molar-refractivity contribution in [3.8, 4) is 0 Å². The van der Waals surface area contributed by atoms with Gasteiger partial charge in [-0.2, -0.15) is 0 Å². The fraction of sp³-hybridized carbons (Fsp3) is 0.417. The number of halogens is 3. The standard InChI is InChI=1S/C12H12BrClFNO2/c13-8-1-2-10(11(15)5-8)12(17)16-3-4-18-7-9(16)6-14/h1-2,5,9H,3-4,6-7H2. The molecular formula is C12H12BrClFNO2. The minimum absolute atomic E-state index is 0.0650. The van der Waals surface area contributed by atoms with Gasteiger partial charge in [0.05, 0.1) is 24.8 Å². The van der Waals surface area contributed by atoms with Crippen molar-refractivity contribution in [1.82, 2.24) is 4.90 Å². The molecule has 2 rings (SSSR count). The lowest BCUT2D eigenvalue weighted by molar-refractivity contribution is 0.00431. The summed E-state index contributed by atoms with van der Waals surface area (Å²) in [6.45, 7) is 1.29. The van der Waals surface area contributed by atoms with E-state index in [1.54, 1.807) is 11.0 Å². The zero-order chi connectivity index (χ0) is 13.1. The Balaban J connectivity index is 2.24. The molecule has 1 atom stereocenters. The number of carbonyl (C=O) groups is 1. The predicted octanol–water partition coefficient (Wildman–Crippen LogP) is 2.67. The van der Waals surface area contributed by atoms with Crippen LogP contribution in [0, 0.1) is 5.82 Å². The number of benzene rings is 1. The van der Waals surface area contributed by atoms with Crippen LogP contribution in [-0.2, 0) is 4.74 Å². The molecule has 1 aromatic rings. The molecule has 1 heterocycles. The van der Waals surface area contributed by atoms with Gasteiger partial charge in [0.15, 0.2) is 0 Å². The van der Waals surface area contributed by atoms with Gasteiger partial charge < -0.3 is 9.64 Å². The van der Waals surface area contributed by atoms with E-state index < -0.39 is 5.82 Å². The number of hydrogen-bond donors (Lipinski definition) is 0. The predicted molar refractivity (Wildman–Crippen MR) is 70.5 cm³/mol. The number of carbonyl (C=O) groups excluding carboxylic acids is 1. The van der Waals surface area contributed by atoms with Crippen molar-refractivity contribution in [1.29, 1.82) is 0 Å². The first kappa shape index (κ1) is 13.8. The number of alkyl halides is 1. The highest BCUT2D eigenvalue weighted by molar-refractivity contribution is 9.10. The molecular weight excluding hydrogens is 324 g/mol. The van der Waals surface area contributed by atoms with E-state index in [1.807, 2.05) is 0 Å². The van der Waals surface area contributed by atoms with Crippen molar-refractivity contribution in [2.24, 2.45) is 0 Å². The van der Waals surface area contributed by atoms with E-state index in [4.69, 9.17) is 16.3 Å². The Morgan fingerprint density at radius 2 is 2.39 bits per heavy atom. The van der Waals surface area contributed by atoms with E-state index >= 15 is 0 Å². The maximum absolute atomic E-state index is 13.7. The smallest absolute Gasteiger partial charge is 0.257 e. The normalized spacial score (nSPS) is 19.9. The largest absolute Gasteiger partial charge is 0.377 e. The zero-order valence-electron chi connectivity index (χ0n) is 9.54. The molecule has 1 unspecified atom stereocenters. The molecule has 1 amide bonds. The molecule has 0 spiro atoms. The topological polar surface area (TPSA) is 29.5 Å². The Hall–Kier alpha value is -0.650. The summed E-state index contributed by atoms with van der Waals surface area (Å²) in [4.78, 5) is 13.8. The number of nitrogens with zero attached hydrogens (tertiary/aromatic N) is 1. The Kier molecular flexibility index (Phi) is 4.59. The number of ether oxygens (including phenoxy) is 1. The molecule has 18 heavy (non-hydrogen) atoms. The first-order valence-corrected chi connectivity index (χ1v) is 6.86. The van der Waals surface area contributed by atoms with Crippen LogP contribution in [0.3, 0.4) is 0 Å². The monoisotopic (exact) mass is 335 g/mol. The molecule has 0 N–H and O–H groups in total. The summed E-state index contributed by atoms with van der Waals surface area (Å²) in [5.74, 6) is -0.590. The van der Waals surface area contributed by atoms with Gasteiger partial charge in [-0.3, -0.25) is 4.79 Å². The fourth-order valence-electron chi connectivity index (χ4n) is 1.87. The zero-order valence-corrected chi connectivity index (χ0v) is 11.9. The summed E-state index contributed by atoms with van der Waals surface area (Å²) < 4.78 is 19.6. The SMILES string of the molecule is O=C(c1ccc(Br)cc1F)N1CCOCC1CCl. The van der Waals surface area contributed by atoms with E-state index in [0.29, 0.717) is 24.2 Å². The molecule has 1 saturated heterocycles. The summed E-state index contributed by atoms with van der Waals surface area (Å²) in [5.41, 5.74) is 0.0650. The molecule has 0 aromatic heterocycles. The minimum atomic E-state index is -0.533. The highest BCUT2D eigenvalue weighted by atomic mass is 79.9. The molecule has 0 radical (unpaired) electrons. The van der Waals surface area contributed by atoms with E-state index in [2.05, 4.69) is 15.9 Å². The van der Waals surface area contributed by atoms with Crippen LogP contribution in [-0.4, -0.2) is 42.5 Å². The van der Waals surface area contributed by atoms with Crippen molar-refractivity contribution in [2.75, 3.05) is 25.6 Å². The van der Waals surface area contributed by atoms with Crippen LogP contribution >= 0.6 is 27.5 Å². The van der Waals surface area contributed by atoms with Crippen LogP contribution in [0.25, 0.3) is 0 Å². The van der Waals surface area contributed by atoms with Crippen LogP contribution in [0.4, 0.5) is 4.39 Å². The van der Waals surface area contributed by atoms with Gasteiger partial charge in [0.1, 0.15) is 5.82 Å².